The molecule has 0 aliphatic rings. The molecule has 0 amide bonds. The van der Waals surface area contributed by atoms with E-state index in [1.54, 1.807) is 12.4 Å². The minimum atomic E-state index is 0. The molecule has 2 N–H and O–H groups in total. The van der Waals surface area contributed by atoms with Crippen LogP contribution < -0.4 is 5.73 Å². The molecule has 0 unspecified atom stereocenters. The highest BCUT2D eigenvalue weighted by Crippen LogP contribution is 1.96. The Kier molecular flexibility index (Phi) is 4.74. The van der Waals surface area contributed by atoms with E-state index < -0.39 is 0 Å². The third-order valence-electron chi connectivity index (χ3n) is 1.13. The van der Waals surface area contributed by atoms with E-state index in [0.717, 1.165) is 5.56 Å². The van der Waals surface area contributed by atoms with Crippen molar-refractivity contribution in [2.24, 2.45) is 5.73 Å². The second-order valence-corrected chi connectivity index (χ2v) is 2.52. The average Bonchev–Trinajstić information content (AvgIpc) is 1.88. The molecular weight excluding hydrogens is 180 g/mol. The number of nitrogens with zero attached hydrogens (tertiary/aromatic N) is 1. The molecule has 0 spiro atoms. The van der Waals surface area contributed by atoms with Crippen LogP contribution in [0.5, 0.6) is 0 Å². The Hall–Kier alpha value is -0.670. The van der Waals surface area contributed by atoms with Crippen molar-refractivity contribution < 1.29 is 0 Å². The summed E-state index contributed by atoms with van der Waals surface area (Å²) in [6.07, 6.45) is 4.12. The molecule has 0 radical (unpaired) electrons. The van der Waals surface area contributed by atoms with Gasteiger partial charge in [-0.15, -0.1) is 12.4 Å². The smallest absolute Gasteiger partial charge is 0.0771 e. The molecule has 1 aromatic heterocycles. The number of aromatic nitrogens is 1. The van der Waals surface area contributed by atoms with E-state index >= 15 is 0 Å². The Morgan fingerprint density at radius 2 is 2.00 bits per heavy atom. The highest BCUT2D eigenvalue weighted by molar-refractivity contribution is 7.80. The SMILES string of the molecule is Cl.NC(=S)Cc1ccncc1. The normalized spacial score (nSPS) is 8.36. The van der Waals surface area contributed by atoms with Crippen molar-refractivity contribution in [2.75, 3.05) is 0 Å². The molecule has 0 aromatic carbocycles. The number of pyridine rings is 1. The van der Waals surface area contributed by atoms with E-state index in [0.29, 0.717) is 11.4 Å². The van der Waals surface area contributed by atoms with Crippen LogP contribution in [-0.2, 0) is 6.42 Å². The molecule has 60 valence electrons. The maximum absolute atomic E-state index is 5.34. The maximum Gasteiger partial charge on any atom is 0.0771 e. The van der Waals surface area contributed by atoms with Gasteiger partial charge >= 0.3 is 0 Å². The highest BCUT2D eigenvalue weighted by atomic mass is 35.5. The van der Waals surface area contributed by atoms with Gasteiger partial charge in [-0.2, -0.15) is 0 Å². The number of hydrogen-bond acceptors (Lipinski definition) is 2. The molecule has 0 saturated carbocycles. The van der Waals surface area contributed by atoms with Crippen molar-refractivity contribution >= 4 is 29.6 Å². The second-order valence-electron chi connectivity index (χ2n) is 2.00. The van der Waals surface area contributed by atoms with E-state index in [4.69, 9.17) is 18.0 Å². The highest BCUT2D eigenvalue weighted by Gasteiger charge is 1.91. The van der Waals surface area contributed by atoms with Gasteiger partial charge in [0.2, 0.25) is 0 Å². The number of rotatable bonds is 2. The summed E-state index contributed by atoms with van der Waals surface area (Å²) in [5.74, 6) is 0. The minimum Gasteiger partial charge on any atom is -0.393 e. The summed E-state index contributed by atoms with van der Waals surface area (Å²) in [7, 11) is 0. The summed E-state index contributed by atoms with van der Waals surface area (Å²) in [5, 5.41) is 0. The zero-order valence-electron chi connectivity index (χ0n) is 5.86. The first-order valence-electron chi connectivity index (χ1n) is 2.96. The number of hydrogen-bond donors (Lipinski definition) is 1. The maximum atomic E-state index is 5.34. The minimum absolute atomic E-state index is 0. The van der Waals surface area contributed by atoms with Crippen molar-refractivity contribution in [3.05, 3.63) is 30.1 Å². The molecule has 0 aliphatic carbocycles. The van der Waals surface area contributed by atoms with Crippen molar-refractivity contribution in [3.8, 4) is 0 Å². The van der Waals surface area contributed by atoms with Crippen LogP contribution >= 0.6 is 24.6 Å². The van der Waals surface area contributed by atoms with Gasteiger partial charge in [-0.3, -0.25) is 4.98 Å². The number of halogens is 1. The summed E-state index contributed by atoms with van der Waals surface area (Å²) in [6.45, 7) is 0. The molecule has 4 heteroatoms. The van der Waals surface area contributed by atoms with E-state index in [1.807, 2.05) is 12.1 Å². The van der Waals surface area contributed by atoms with Crippen LogP contribution in [0.1, 0.15) is 5.56 Å². The Bertz CT molecular complexity index is 225. The van der Waals surface area contributed by atoms with Crippen LogP contribution in [0.3, 0.4) is 0 Å². The topological polar surface area (TPSA) is 38.9 Å². The third-order valence-corrected chi connectivity index (χ3v) is 1.27. The summed E-state index contributed by atoms with van der Waals surface area (Å²) in [5.41, 5.74) is 6.45. The molecule has 1 heterocycles. The lowest BCUT2D eigenvalue weighted by molar-refractivity contribution is 1.24. The van der Waals surface area contributed by atoms with E-state index in [-0.39, 0.29) is 12.4 Å². The van der Waals surface area contributed by atoms with Gasteiger partial charge < -0.3 is 5.73 Å². The van der Waals surface area contributed by atoms with Crippen LogP contribution in [0.4, 0.5) is 0 Å². The fourth-order valence-corrected chi connectivity index (χ4v) is 0.868. The standard InChI is InChI=1S/C7H8N2S.ClH/c8-7(10)5-6-1-3-9-4-2-6;/h1-4H,5H2,(H2,8,10);1H. The largest absolute Gasteiger partial charge is 0.393 e. The Morgan fingerprint density at radius 1 is 1.45 bits per heavy atom. The Balaban J connectivity index is 0.000001000. The van der Waals surface area contributed by atoms with Gasteiger partial charge in [0.15, 0.2) is 0 Å². The number of nitrogens with two attached hydrogens (primary N) is 1. The van der Waals surface area contributed by atoms with Gasteiger partial charge in [0.05, 0.1) is 4.99 Å². The zero-order valence-corrected chi connectivity index (χ0v) is 7.49. The van der Waals surface area contributed by atoms with Crippen LogP contribution in [0.15, 0.2) is 24.5 Å². The molecular formula is C7H9ClN2S. The summed E-state index contributed by atoms with van der Waals surface area (Å²) < 4.78 is 0. The lowest BCUT2D eigenvalue weighted by atomic mass is 10.2. The van der Waals surface area contributed by atoms with Gasteiger partial charge in [-0.05, 0) is 17.7 Å². The van der Waals surface area contributed by atoms with E-state index in [2.05, 4.69) is 4.98 Å². The van der Waals surface area contributed by atoms with Gasteiger partial charge in [0.1, 0.15) is 0 Å². The molecule has 0 atom stereocenters. The molecule has 0 saturated heterocycles. The van der Waals surface area contributed by atoms with Gasteiger partial charge in [-0.1, -0.05) is 12.2 Å². The fourth-order valence-electron chi connectivity index (χ4n) is 0.702. The average molecular weight is 189 g/mol. The molecule has 0 fully saturated rings. The van der Waals surface area contributed by atoms with E-state index in [1.165, 1.54) is 0 Å². The summed E-state index contributed by atoms with van der Waals surface area (Å²) >= 11 is 4.73. The molecule has 0 bridgehead atoms. The zero-order chi connectivity index (χ0) is 7.40. The molecule has 1 rings (SSSR count). The van der Waals surface area contributed by atoms with E-state index in [9.17, 15) is 0 Å². The predicted molar refractivity (Wildman–Crippen MR) is 52.0 cm³/mol. The van der Waals surface area contributed by atoms with Gasteiger partial charge in [0, 0.05) is 18.8 Å². The first kappa shape index (κ1) is 10.3. The van der Waals surface area contributed by atoms with Crippen molar-refractivity contribution in [1.82, 2.24) is 4.98 Å². The van der Waals surface area contributed by atoms with Gasteiger partial charge in [-0.25, -0.2) is 0 Å². The van der Waals surface area contributed by atoms with Crippen molar-refractivity contribution in [3.63, 3.8) is 0 Å². The van der Waals surface area contributed by atoms with Crippen LogP contribution in [0.2, 0.25) is 0 Å². The molecule has 0 aliphatic heterocycles. The first-order valence-corrected chi connectivity index (χ1v) is 3.37. The van der Waals surface area contributed by atoms with Crippen molar-refractivity contribution in [1.29, 1.82) is 0 Å². The monoisotopic (exact) mass is 188 g/mol. The fraction of sp³-hybridized carbons (Fsp3) is 0.143. The second kappa shape index (κ2) is 5.04. The third kappa shape index (κ3) is 3.91. The summed E-state index contributed by atoms with van der Waals surface area (Å²) in [6, 6.07) is 3.80. The lowest BCUT2D eigenvalue weighted by Gasteiger charge is -1.95. The summed E-state index contributed by atoms with van der Waals surface area (Å²) in [4.78, 5) is 4.39. The predicted octanol–water partition coefficient (Wildman–Crippen LogP) is 1.33. The van der Waals surface area contributed by atoms with Gasteiger partial charge in [0.25, 0.3) is 0 Å². The molecule has 1 aromatic rings. The Morgan fingerprint density at radius 3 is 2.45 bits per heavy atom. The quantitative estimate of drug-likeness (QED) is 0.712. The van der Waals surface area contributed by atoms with Crippen molar-refractivity contribution in [2.45, 2.75) is 6.42 Å². The lowest BCUT2D eigenvalue weighted by Crippen LogP contribution is -2.10. The Labute approximate surface area is 77.2 Å². The molecule has 2 nitrogen and oxygen atoms in total. The first-order chi connectivity index (χ1) is 4.79. The molecule has 11 heavy (non-hydrogen) atoms. The van der Waals surface area contributed by atoms with Crippen LogP contribution in [-0.4, -0.2) is 9.97 Å². The van der Waals surface area contributed by atoms with Crippen LogP contribution in [0, 0.1) is 0 Å². The van der Waals surface area contributed by atoms with Crippen LogP contribution in [0.25, 0.3) is 0 Å². The number of thiocarbonyl (C=S) groups is 1.